The highest BCUT2D eigenvalue weighted by Crippen LogP contribution is 1.72. The van der Waals surface area contributed by atoms with E-state index in [0.717, 1.165) is 0 Å². The van der Waals surface area contributed by atoms with E-state index in [2.05, 4.69) is 4.99 Å². The van der Waals surface area contributed by atoms with Crippen LogP contribution in [-0.2, 0) is 0 Å². The van der Waals surface area contributed by atoms with Crippen LogP contribution in [0.5, 0.6) is 0 Å². The minimum atomic E-state index is 0. The third-order valence-corrected chi connectivity index (χ3v) is 0.548. The lowest BCUT2D eigenvalue weighted by Crippen LogP contribution is -2.23. The van der Waals surface area contributed by atoms with Gasteiger partial charge in [0.15, 0.2) is 5.96 Å². The van der Waals surface area contributed by atoms with Crippen molar-refractivity contribution in [3.8, 4) is 0 Å². The summed E-state index contributed by atoms with van der Waals surface area (Å²) in [4.78, 5) is 3.58. The summed E-state index contributed by atoms with van der Waals surface area (Å²) in [7, 11) is 0. The molecule has 0 amide bonds. The van der Waals surface area contributed by atoms with E-state index in [1.807, 2.05) is 0 Å². The minimum absolute atomic E-state index is 0. The summed E-state index contributed by atoms with van der Waals surface area (Å²) in [5, 5.41) is 0. The number of hydrogen-bond acceptors (Lipinski definition) is 1. The Labute approximate surface area is 59.5 Å². The Morgan fingerprint density at radius 1 is 1.50 bits per heavy atom. The molecule has 0 rings (SSSR count). The average molecular weight is 158 g/mol. The first kappa shape index (κ1) is 10.8. The second-order valence-electron chi connectivity index (χ2n) is 0.996. The van der Waals surface area contributed by atoms with E-state index in [0.29, 0.717) is 12.4 Å². The molecule has 0 aliphatic heterocycles. The second kappa shape index (κ2) is 6.85. The molecule has 0 spiro atoms. The predicted molar refractivity (Wildman–Crippen MR) is 38.6 cm³/mol. The van der Waals surface area contributed by atoms with Crippen LogP contribution >= 0.6 is 24.0 Å². The molecule has 0 fully saturated rings. The summed E-state index contributed by atoms with van der Waals surface area (Å²) in [5.74, 6) is 0.568. The third kappa shape index (κ3) is 9.28. The van der Waals surface area contributed by atoms with Crippen LogP contribution in [0.1, 0.15) is 0 Å². The van der Waals surface area contributed by atoms with Crippen molar-refractivity contribution in [3.63, 3.8) is 0 Å². The van der Waals surface area contributed by atoms with Crippen molar-refractivity contribution < 1.29 is 0 Å². The van der Waals surface area contributed by atoms with E-state index in [1.54, 1.807) is 0 Å². The monoisotopic (exact) mass is 157 g/mol. The molecule has 3 nitrogen and oxygen atoms in total. The maximum atomic E-state index is 5.23. The SMILES string of the molecule is Cl.NC(N)=NCCCl. The number of alkyl halides is 1. The highest BCUT2D eigenvalue weighted by atomic mass is 35.5. The zero-order valence-electron chi connectivity index (χ0n) is 4.30. The number of guanidine groups is 1. The van der Waals surface area contributed by atoms with Gasteiger partial charge in [-0.2, -0.15) is 0 Å². The molecule has 0 aromatic carbocycles. The fraction of sp³-hybridized carbons (Fsp3) is 0.667. The lowest BCUT2D eigenvalue weighted by atomic mass is 10.8. The fourth-order valence-corrected chi connectivity index (χ4v) is 0.256. The van der Waals surface area contributed by atoms with Crippen molar-refractivity contribution in [1.29, 1.82) is 0 Å². The van der Waals surface area contributed by atoms with E-state index in [-0.39, 0.29) is 18.4 Å². The van der Waals surface area contributed by atoms with Gasteiger partial charge >= 0.3 is 0 Å². The molecule has 0 bridgehead atoms. The third-order valence-electron chi connectivity index (χ3n) is 0.379. The molecule has 0 atom stereocenters. The molecule has 0 aromatic heterocycles. The molecule has 8 heavy (non-hydrogen) atoms. The first-order valence-electron chi connectivity index (χ1n) is 1.88. The van der Waals surface area contributed by atoms with Gasteiger partial charge < -0.3 is 11.5 Å². The number of halogens is 2. The molecular formula is C3H9Cl2N3. The minimum Gasteiger partial charge on any atom is -0.370 e. The summed E-state index contributed by atoms with van der Waals surface area (Å²) in [6, 6.07) is 0. The van der Waals surface area contributed by atoms with E-state index >= 15 is 0 Å². The molecule has 5 heteroatoms. The fourth-order valence-electron chi connectivity index (χ4n) is 0.171. The smallest absolute Gasteiger partial charge is 0.185 e. The van der Waals surface area contributed by atoms with Gasteiger partial charge in [0.2, 0.25) is 0 Å². The standard InChI is InChI=1S/C3H8ClN3.ClH/c4-1-2-7-3(5)6;/h1-2H2,(H4,5,6,7);1H. The van der Waals surface area contributed by atoms with Crippen LogP contribution < -0.4 is 11.5 Å². The second-order valence-corrected chi connectivity index (χ2v) is 1.37. The van der Waals surface area contributed by atoms with Gasteiger partial charge in [-0.3, -0.25) is 4.99 Å². The Morgan fingerprint density at radius 2 is 2.00 bits per heavy atom. The van der Waals surface area contributed by atoms with Crippen LogP contribution in [0.2, 0.25) is 0 Å². The summed E-state index contributed by atoms with van der Waals surface area (Å²) in [5.41, 5.74) is 9.90. The molecule has 0 aromatic rings. The van der Waals surface area contributed by atoms with Gasteiger partial charge in [-0.1, -0.05) is 0 Å². The lowest BCUT2D eigenvalue weighted by Gasteiger charge is -1.85. The molecule has 0 aliphatic carbocycles. The van der Waals surface area contributed by atoms with Gasteiger partial charge in [0, 0.05) is 5.88 Å². The topological polar surface area (TPSA) is 64.4 Å². The summed E-state index contributed by atoms with van der Waals surface area (Å²) in [6.07, 6.45) is 0. The molecule has 0 aliphatic rings. The zero-order chi connectivity index (χ0) is 5.70. The van der Waals surface area contributed by atoms with Crippen molar-refractivity contribution in [3.05, 3.63) is 0 Å². The summed E-state index contributed by atoms with van der Waals surface area (Å²) >= 11 is 5.23. The number of nitrogens with zero attached hydrogens (tertiary/aromatic N) is 1. The van der Waals surface area contributed by atoms with E-state index in [1.165, 1.54) is 0 Å². The van der Waals surface area contributed by atoms with Gasteiger partial charge in [0.1, 0.15) is 0 Å². The van der Waals surface area contributed by atoms with Crippen molar-refractivity contribution in [2.75, 3.05) is 12.4 Å². The Kier molecular flexibility index (Phi) is 9.22. The van der Waals surface area contributed by atoms with Crippen LogP contribution in [0.3, 0.4) is 0 Å². The van der Waals surface area contributed by atoms with Crippen LogP contribution in [0.25, 0.3) is 0 Å². The largest absolute Gasteiger partial charge is 0.370 e. The Morgan fingerprint density at radius 3 is 2.12 bits per heavy atom. The predicted octanol–water partition coefficient (Wildman–Crippen LogP) is -0.0796. The highest BCUT2D eigenvalue weighted by Gasteiger charge is 1.75. The average Bonchev–Trinajstić information content (AvgIpc) is 1.61. The number of nitrogens with two attached hydrogens (primary N) is 2. The molecule has 4 N–H and O–H groups in total. The van der Waals surface area contributed by atoms with Crippen LogP contribution in [0.4, 0.5) is 0 Å². The van der Waals surface area contributed by atoms with Crippen molar-refractivity contribution in [2.45, 2.75) is 0 Å². The zero-order valence-corrected chi connectivity index (χ0v) is 5.87. The summed E-state index contributed by atoms with van der Waals surface area (Å²) < 4.78 is 0. The van der Waals surface area contributed by atoms with Crippen LogP contribution in [0, 0.1) is 0 Å². The lowest BCUT2D eigenvalue weighted by molar-refractivity contribution is 1.12. The number of rotatable bonds is 2. The van der Waals surface area contributed by atoms with Crippen LogP contribution in [-0.4, -0.2) is 18.4 Å². The number of aliphatic imine (C=N–C) groups is 1. The summed E-state index contributed by atoms with van der Waals surface area (Å²) in [6.45, 7) is 0.504. The first-order chi connectivity index (χ1) is 3.27. The normalized spacial score (nSPS) is 7.12. The highest BCUT2D eigenvalue weighted by molar-refractivity contribution is 6.18. The molecule has 0 unspecified atom stereocenters. The van der Waals surface area contributed by atoms with Gasteiger partial charge in [-0.05, 0) is 0 Å². The Bertz CT molecular complexity index is 68.9. The quantitative estimate of drug-likeness (QED) is 0.335. The molecule has 0 radical (unpaired) electrons. The van der Waals surface area contributed by atoms with Crippen molar-refractivity contribution >= 4 is 30.0 Å². The van der Waals surface area contributed by atoms with Gasteiger partial charge in [-0.25, -0.2) is 0 Å². The van der Waals surface area contributed by atoms with Gasteiger partial charge in [0.05, 0.1) is 6.54 Å². The Balaban J connectivity index is 0. The maximum absolute atomic E-state index is 5.23. The first-order valence-corrected chi connectivity index (χ1v) is 2.42. The van der Waals surface area contributed by atoms with Crippen LogP contribution in [0.15, 0.2) is 4.99 Å². The molecule has 0 saturated heterocycles. The van der Waals surface area contributed by atoms with E-state index < -0.39 is 0 Å². The molecular weight excluding hydrogens is 149 g/mol. The number of hydrogen-bond donors (Lipinski definition) is 2. The molecule has 0 saturated carbocycles. The van der Waals surface area contributed by atoms with Gasteiger partial charge in [0.25, 0.3) is 0 Å². The maximum Gasteiger partial charge on any atom is 0.185 e. The molecule has 50 valence electrons. The van der Waals surface area contributed by atoms with Gasteiger partial charge in [-0.15, -0.1) is 24.0 Å². The van der Waals surface area contributed by atoms with E-state index in [9.17, 15) is 0 Å². The van der Waals surface area contributed by atoms with Crippen molar-refractivity contribution in [1.82, 2.24) is 0 Å². The van der Waals surface area contributed by atoms with Crippen molar-refractivity contribution in [2.24, 2.45) is 16.5 Å². The Hall–Kier alpha value is -0.150. The molecule has 0 heterocycles. The van der Waals surface area contributed by atoms with E-state index in [4.69, 9.17) is 23.1 Å².